The summed E-state index contributed by atoms with van der Waals surface area (Å²) >= 11 is 0. The first kappa shape index (κ1) is 11.4. The molecule has 1 aromatic heterocycles. The number of hydrogen-bond donors (Lipinski definition) is 1. The maximum absolute atomic E-state index is 9.56. The van der Waals surface area contributed by atoms with Gasteiger partial charge >= 0.3 is 0 Å². The molecule has 98 valence electrons. The lowest BCUT2D eigenvalue weighted by atomic mass is 9.91. The van der Waals surface area contributed by atoms with Crippen LogP contribution in [0.15, 0.2) is 48.7 Å². The second kappa shape index (κ2) is 4.32. The van der Waals surface area contributed by atoms with Crippen molar-refractivity contribution in [1.82, 2.24) is 4.98 Å². The van der Waals surface area contributed by atoms with Gasteiger partial charge in [0.15, 0.2) is 0 Å². The molecule has 2 aromatic carbocycles. The molecule has 0 bridgehead atoms. The lowest BCUT2D eigenvalue weighted by Crippen LogP contribution is -2.08. The largest absolute Gasteiger partial charge is 0.488 e. The number of aliphatic hydroxyl groups is 1. The van der Waals surface area contributed by atoms with Crippen LogP contribution in [0.3, 0.4) is 0 Å². The van der Waals surface area contributed by atoms with Crippen LogP contribution in [0.5, 0.6) is 5.75 Å². The fourth-order valence-corrected chi connectivity index (χ4v) is 2.89. The van der Waals surface area contributed by atoms with E-state index in [0.717, 1.165) is 38.9 Å². The van der Waals surface area contributed by atoms with Crippen molar-refractivity contribution in [3.63, 3.8) is 0 Å². The Morgan fingerprint density at radius 3 is 2.95 bits per heavy atom. The molecule has 0 saturated heterocycles. The topological polar surface area (TPSA) is 42.4 Å². The smallest absolute Gasteiger partial charge is 0.128 e. The van der Waals surface area contributed by atoms with Crippen molar-refractivity contribution >= 4 is 10.9 Å². The van der Waals surface area contributed by atoms with Gasteiger partial charge in [0.25, 0.3) is 0 Å². The van der Waals surface area contributed by atoms with Gasteiger partial charge in [-0.2, -0.15) is 0 Å². The Bertz CT molecular complexity index is 797. The SMILES string of the molecule is OCc1cccc2c1-c1ccc3ncccc3c1CO2. The van der Waals surface area contributed by atoms with Crippen molar-refractivity contribution in [3.05, 3.63) is 59.8 Å². The predicted octanol–water partition coefficient (Wildman–Crippen LogP) is 3.29. The molecule has 1 aliphatic heterocycles. The average Bonchev–Trinajstić information content (AvgIpc) is 2.53. The lowest BCUT2D eigenvalue weighted by molar-refractivity contribution is 0.277. The molecule has 0 spiro atoms. The Kier molecular flexibility index (Phi) is 2.47. The Morgan fingerprint density at radius 1 is 1.10 bits per heavy atom. The van der Waals surface area contributed by atoms with Gasteiger partial charge in [0, 0.05) is 22.7 Å². The first-order chi connectivity index (χ1) is 9.88. The van der Waals surface area contributed by atoms with Gasteiger partial charge in [-0.05, 0) is 29.3 Å². The van der Waals surface area contributed by atoms with Crippen LogP contribution >= 0.6 is 0 Å². The number of fused-ring (bicyclic) bond motifs is 5. The van der Waals surface area contributed by atoms with Crippen molar-refractivity contribution in [3.8, 4) is 16.9 Å². The molecule has 0 unspecified atom stereocenters. The van der Waals surface area contributed by atoms with E-state index >= 15 is 0 Å². The Morgan fingerprint density at radius 2 is 2.05 bits per heavy atom. The summed E-state index contributed by atoms with van der Waals surface area (Å²) in [5.74, 6) is 0.840. The number of aliphatic hydroxyl groups excluding tert-OH is 1. The highest BCUT2D eigenvalue weighted by molar-refractivity contribution is 5.92. The molecule has 4 rings (SSSR count). The van der Waals surface area contributed by atoms with Crippen LogP contribution in [0, 0.1) is 0 Å². The minimum absolute atomic E-state index is 0.0110. The van der Waals surface area contributed by atoms with Crippen molar-refractivity contribution in [2.24, 2.45) is 0 Å². The Hall–Kier alpha value is -2.39. The summed E-state index contributed by atoms with van der Waals surface area (Å²) in [6.45, 7) is 0.553. The fraction of sp³-hybridized carbons (Fsp3) is 0.118. The fourth-order valence-electron chi connectivity index (χ4n) is 2.89. The van der Waals surface area contributed by atoms with Crippen molar-refractivity contribution in [1.29, 1.82) is 0 Å². The van der Waals surface area contributed by atoms with Gasteiger partial charge in [0.2, 0.25) is 0 Å². The number of nitrogens with zero attached hydrogens (tertiary/aromatic N) is 1. The lowest BCUT2D eigenvalue weighted by Gasteiger charge is -2.24. The highest BCUT2D eigenvalue weighted by Gasteiger charge is 2.21. The van der Waals surface area contributed by atoms with E-state index in [1.807, 2.05) is 30.3 Å². The summed E-state index contributed by atoms with van der Waals surface area (Å²) < 4.78 is 5.86. The number of hydrogen-bond acceptors (Lipinski definition) is 3. The number of aromatic nitrogens is 1. The van der Waals surface area contributed by atoms with Crippen molar-refractivity contribution in [2.75, 3.05) is 0 Å². The van der Waals surface area contributed by atoms with E-state index < -0.39 is 0 Å². The second-order valence-electron chi connectivity index (χ2n) is 4.90. The quantitative estimate of drug-likeness (QED) is 0.732. The molecule has 0 saturated carbocycles. The summed E-state index contributed by atoms with van der Waals surface area (Å²) in [4.78, 5) is 4.38. The summed E-state index contributed by atoms with van der Waals surface area (Å²) in [6.07, 6.45) is 1.80. The molecule has 0 atom stereocenters. The van der Waals surface area contributed by atoms with E-state index in [4.69, 9.17) is 4.74 Å². The highest BCUT2D eigenvalue weighted by atomic mass is 16.5. The van der Waals surface area contributed by atoms with Gasteiger partial charge in [0.1, 0.15) is 12.4 Å². The van der Waals surface area contributed by atoms with Crippen LogP contribution < -0.4 is 4.74 Å². The molecule has 1 aliphatic rings. The van der Waals surface area contributed by atoms with E-state index in [-0.39, 0.29) is 6.61 Å². The molecule has 1 N–H and O–H groups in total. The normalized spacial score (nSPS) is 12.7. The van der Waals surface area contributed by atoms with Crippen LogP contribution in [0.25, 0.3) is 22.0 Å². The molecule has 3 nitrogen and oxygen atoms in total. The zero-order chi connectivity index (χ0) is 13.5. The predicted molar refractivity (Wildman–Crippen MR) is 77.4 cm³/mol. The molecule has 3 aromatic rings. The van der Waals surface area contributed by atoms with Crippen LogP contribution in [-0.2, 0) is 13.2 Å². The number of ether oxygens (including phenoxy) is 1. The maximum atomic E-state index is 9.56. The molecule has 0 amide bonds. The number of benzene rings is 2. The summed E-state index contributed by atoms with van der Waals surface area (Å²) in [6, 6.07) is 13.9. The van der Waals surface area contributed by atoms with Gasteiger partial charge in [-0.3, -0.25) is 4.98 Å². The van der Waals surface area contributed by atoms with Gasteiger partial charge < -0.3 is 9.84 Å². The number of rotatable bonds is 1. The zero-order valence-corrected chi connectivity index (χ0v) is 10.8. The molecule has 0 radical (unpaired) electrons. The van der Waals surface area contributed by atoms with Crippen LogP contribution in [0.1, 0.15) is 11.1 Å². The zero-order valence-electron chi connectivity index (χ0n) is 10.8. The van der Waals surface area contributed by atoms with Crippen LogP contribution in [0.4, 0.5) is 0 Å². The summed E-state index contributed by atoms with van der Waals surface area (Å²) in [7, 11) is 0. The standard InChI is InChI=1S/C17H13NO2/c19-9-11-3-1-5-16-17(11)13-6-7-15-12(4-2-8-18-15)14(13)10-20-16/h1-8,19H,9-10H2. The van der Waals surface area contributed by atoms with Gasteiger partial charge in [-0.15, -0.1) is 0 Å². The molecule has 3 heteroatoms. The van der Waals surface area contributed by atoms with E-state index in [0.29, 0.717) is 6.61 Å². The third kappa shape index (κ3) is 1.53. The Balaban J connectivity index is 2.08. The maximum Gasteiger partial charge on any atom is 0.128 e. The minimum Gasteiger partial charge on any atom is -0.488 e. The minimum atomic E-state index is 0.0110. The van der Waals surface area contributed by atoms with Gasteiger partial charge in [-0.25, -0.2) is 0 Å². The monoisotopic (exact) mass is 263 g/mol. The second-order valence-corrected chi connectivity index (χ2v) is 4.90. The third-order valence-electron chi connectivity index (χ3n) is 3.82. The highest BCUT2D eigenvalue weighted by Crippen LogP contribution is 2.42. The summed E-state index contributed by atoms with van der Waals surface area (Å²) in [5, 5.41) is 10.7. The molecule has 20 heavy (non-hydrogen) atoms. The van der Waals surface area contributed by atoms with E-state index in [9.17, 15) is 5.11 Å². The number of pyridine rings is 1. The molecule has 2 heterocycles. The first-order valence-corrected chi connectivity index (χ1v) is 6.61. The van der Waals surface area contributed by atoms with Crippen molar-refractivity contribution < 1.29 is 9.84 Å². The Labute approximate surface area is 116 Å². The summed E-state index contributed by atoms with van der Waals surface area (Å²) in [5.41, 5.74) is 5.15. The molecular formula is C17H13NO2. The molecule has 0 aliphatic carbocycles. The molecule has 0 fully saturated rings. The average molecular weight is 263 g/mol. The van der Waals surface area contributed by atoms with E-state index in [2.05, 4.69) is 17.1 Å². The van der Waals surface area contributed by atoms with E-state index in [1.54, 1.807) is 6.20 Å². The van der Waals surface area contributed by atoms with Gasteiger partial charge in [0.05, 0.1) is 12.1 Å². The van der Waals surface area contributed by atoms with Crippen LogP contribution in [0.2, 0.25) is 0 Å². The van der Waals surface area contributed by atoms with Crippen molar-refractivity contribution in [2.45, 2.75) is 13.2 Å². The van der Waals surface area contributed by atoms with Gasteiger partial charge in [-0.1, -0.05) is 24.3 Å². The van der Waals surface area contributed by atoms with Crippen LogP contribution in [-0.4, -0.2) is 10.1 Å². The third-order valence-corrected chi connectivity index (χ3v) is 3.82. The first-order valence-electron chi connectivity index (χ1n) is 6.61. The molecular weight excluding hydrogens is 250 g/mol. The van der Waals surface area contributed by atoms with E-state index in [1.165, 1.54) is 0 Å².